The van der Waals surface area contributed by atoms with E-state index in [1.54, 1.807) is 0 Å². The molecule has 0 radical (unpaired) electrons. The summed E-state index contributed by atoms with van der Waals surface area (Å²) in [6.07, 6.45) is 1.50. The minimum Gasteiger partial charge on any atom is -0.480 e. The molecule has 0 aliphatic heterocycles. The molecule has 6 nitrogen and oxygen atoms in total. The van der Waals surface area contributed by atoms with Gasteiger partial charge in [0.1, 0.15) is 5.54 Å². The molecule has 1 aliphatic rings. The van der Waals surface area contributed by atoms with E-state index in [4.69, 9.17) is 26.6 Å². The van der Waals surface area contributed by atoms with Crippen LogP contribution in [0.15, 0.2) is 0 Å². The Morgan fingerprint density at radius 2 is 1.94 bits per heavy atom. The van der Waals surface area contributed by atoms with Crippen LogP contribution in [0, 0.1) is 11.8 Å². The highest BCUT2D eigenvalue weighted by Crippen LogP contribution is 2.40. The molecular weight excluding hydrogens is 211 g/mol. The highest BCUT2D eigenvalue weighted by molar-refractivity contribution is 6.40. The van der Waals surface area contributed by atoms with Crippen LogP contribution in [0.4, 0.5) is 0 Å². The Labute approximate surface area is 94.8 Å². The molecular formula is C9H19BN2O4. The van der Waals surface area contributed by atoms with Gasteiger partial charge in [0.2, 0.25) is 0 Å². The first-order chi connectivity index (χ1) is 7.39. The number of rotatable bonds is 5. The van der Waals surface area contributed by atoms with Gasteiger partial charge in [0.15, 0.2) is 0 Å². The van der Waals surface area contributed by atoms with Crippen LogP contribution in [0.5, 0.6) is 0 Å². The molecule has 1 unspecified atom stereocenters. The van der Waals surface area contributed by atoms with Crippen LogP contribution < -0.4 is 11.5 Å². The van der Waals surface area contributed by atoms with E-state index in [0.29, 0.717) is 25.8 Å². The first kappa shape index (κ1) is 13.4. The highest BCUT2D eigenvalue weighted by Gasteiger charge is 2.47. The fourth-order valence-corrected chi connectivity index (χ4v) is 2.50. The summed E-state index contributed by atoms with van der Waals surface area (Å²) in [4.78, 5) is 11.0. The number of carbonyl (C=O) groups is 1. The summed E-state index contributed by atoms with van der Waals surface area (Å²) in [7, 11) is -1.35. The molecule has 0 saturated heterocycles. The number of nitrogens with two attached hydrogens (primary N) is 2. The zero-order valence-electron chi connectivity index (χ0n) is 9.17. The van der Waals surface area contributed by atoms with E-state index >= 15 is 0 Å². The third-order valence-corrected chi connectivity index (χ3v) is 3.44. The van der Waals surface area contributed by atoms with Crippen molar-refractivity contribution in [2.24, 2.45) is 23.3 Å². The third-order valence-electron chi connectivity index (χ3n) is 3.44. The van der Waals surface area contributed by atoms with E-state index in [0.717, 1.165) is 0 Å². The second-order valence-corrected chi connectivity index (χ2v) is 4.68. The monoisotopic (exact) mass is 230 g/mol. The van der Waals surface area contributed by atoms with Gasteiger partial charge in [-0.05, 0) is 37.5 Å². The van der Waals surface area contributed by atoms with Gasteiger partial charge in [-0.15, -0.1) is 0 Å². The molecule has 0 aromatic carbocycles. The predicted octanol–water partition coefficient (Wildman–Crippen LogP) is -1.38. The lowest BCUT2D eigenvalue weighted by Crippen LogP contribution is -2.45. The fourth-order valence-electron chi connectivity index (χ4n) is 2.50. The van der Waals surface area contributed by atoms with Crippen LogP contribution in [0.1, 0.15) is 19.3 Å². The van der Waals surface area contributed by atoms with Gasteiger partial charge >= 0.3 is 13.1 Å². The summed E-state index contributed by atoms with van der Waals surface area (Å²) in [6.45, 7) is 0.387. The second-order valence-electron chi connectivity index (χ2n) is 4.68. The molecule has 0 aromatic heterocycles. The number of carboxylic acid groups (broad SMARTS) is 1. The predicted molar refractivity (Wildman–Crippen MR) is 59.4 cm³/mol. The van der Waals surface area contributed by atoms with E-state index < -0.39 is 18.6 Å². The first-order valence-corrected chi connectivity index (χ1v) is 5.47. The van der Waals surface area contributed by atoms with E-state index in [-0.39, 0.29) is 18.2 Å². The topological polar surface area (TPSA) is 130 Å². The number of carboxylic acids is 1. The van der Waals surface area contributed by atoms with Crippen molar-refractivity contribution in [2.75, 3.05) is 6.54 Å². The zero-order valence-corrected chi connectivity index (χ0v) is 9.17. The highest BCUT2D eigenvalue weighted by atomic mass is 16.4. The van der Waals surface area contributed by atoms with Gasteiger partial charge in [-0.25, -0.2) is 0 Å². The molecule has 1 fully saturated rings. The van der Waals surface area contributed by atoms with Gasteiger partial charge in [-0.3, -0.25) is 4.79 Å². The van der Waals surface area contributed by atoms with Crippen LogP contribution in [-0.2, 0) is 4.79 Å². The van der Waals surface area contributed by atoms with Crippen molar-refractivity contribution >= 4 is 13.1 Å². The lowest BCUT2D eigenvalue weighted by atomic mass is 9.78. The summed E-state index contributed by atoms with van der Waals surface area (Å²) >= 11 is 0. The molecule has 3 atom stereocenters. The largest absolute Gasteiger partial charge is 0.480 e. The summed E-state index contributed by atoms with van der Waals surface area (Å²) in [5, 5.41) is 26.6. The van der Waals surface area contributed by atoms with Crippen molar-refractivity contribution in [1.82, 2.24) is 0 Å². The lowest BCUT2D eigenvalue weighted by Gasteiger charge is -2.17. The molecule has 0 amide bonds. The lowest BCUT2D eigenvalue weighted by molar-refractivity contribution is -0.143. The Kier molecular flexibility index (Phi) is 4.31. The molecule has 0 spiro atoms. The van der Waals surface area contributed by atoms with Crippen molar-refractivity contribution in [2.45, 2.75) is 31.1 Å². The van der Waals surface area contributed by atoms with Crippen molar-refractivity contribution in [3.8, 4) is 0 Å². The molecule has 7 heteroatoms. The molecule has 16 heavy (non-hydrogen) atoms. The quantitative estimate of drug-likeness (QED) is 0.370. The molecule has 1 aliphatic carbocycles. The Hall–Kier alpha value is -0.625. The Balaban J connectivity index is 2.60. The molecule has 0 aromatic rings. The van der Waals surface area contributed by atoms with Gasteiger partial charge in [-0.1, -0.05) is 6.42 Å². The van der Waals surface area contributed by atoms with Crippen LogP contribution in [0.3, 0.4) is 0 Å². The van der Waals surface area contributed by atoms with Crippen LogP contribution >= 0.6 is 0 Å². The standard InChI is InChI=1S/C9H19BN2O4/c11-5-7-4-9(12,8(13)14)3-6(7)1-2-10(15)16/h6-7,15-16H,1-5,11-12H2,(H,13,14)/t6-,7?,9-/m0/s1. The summed E-state index contributed by atoms with van der Waals surface area (Å²) in [6, 6.07) is 0. The number of hydrogen-bond donors (Lipinski definition) is 5. The maximum absolute atomic E-state index is 11.0. The van der Waals surface area contributed by atoms with E-state index in [1.165, 1.54) is 0 Å². The zero-order chi connectivity index (χ0) is 12.3. The van der Waals surface area contributed by atoms with Gasteiger partial charge in [0, 0.05) is 0 Å². The summed E-state index contributed by atoms with van der Waals surface area (Å²) in [5.74, 6) is -0.884. The van der Waals surface area contributed by atoms with Crippen molar-refractivity contribution in [1.29, 1.82) is 0 Å². The summed E-state index contributed by atoms with van der Waals surface area (Å²) < 4.78 is 0. The van der Waals surface area contributed by atoms with Gasteiger partial charge < -0.3 is 26.6 Å². The third kappa shape index (κ3) is 2.94. The van der Waals surface area contributed by atoms with Crippen molar-refractivity contribution in [3.63, 3.8) is 0 Å². The average Bonchev–Trinajstić information content (AvgIpc) is 2.53. The Morgan fingerprint density at radius 3 is 2.38 bits per heavy atom. The van der Waals surface area contributed by atoms with Gasteiger partial charge in [0.25, 0.3) is 0 Å². The smallest absolute Gasteiger partial charge is 0.451 e. The molecule has 0 bridgehead atoms. The van der Waals surface area contributed by atoms with Crippen molar-refractivity contribution in [3.05, 3.63) is 0 Å². The molecule has 0 heterocycles. The van der Waals surface area contributed by atoms with Crippen LogP contribution in [-0.4, -0.2) is 40.3 Å². The molecule has 1 rings (SSSR count). The number of aliphatic carboxylic acids is 1. The van der Waals surface area contributed by atoms with Crippen LogP contribution in [0.2, 0.25) is 6.32 Å². The van der Waals surface area contributed by atoms with Gasteiger partial charge in [0.05, 0.1) is 0 Å². The normalized spacial score (nSPS) is 34.0. The first-order valence-electron chi connectivity index (χ1n) is 5.47. The summed E-state index contributed by atoms with van der Waals surface area (Å²) in [5.41, 5.74) is 10.2. The van der Waals surface area contributed by atoms with E-state index in [1.807, 2.05) is 0 Å². The Bertz CT molecular complexity index is 264. The number of hydrogen-bond acceptors (Lipinski definition) is 5. The van der Waals surface area contributed by atoms with E-state index in [2.05, 4.69) is 0 Å². The average molecular weight is 230 g/mol. The molecule has 92 valence electrons. The fraction of sp³-hybridized carbons (Fsp3) is 0.889. The van der Waals surface area contributed by atoms with Gasteiger partial charge in [-0.2, -0.15) is 0 Å². The minimum atomic E-state index is -1.35. The maximum atomic E-state index is 11.0. The maximum Gasteiger partial charge on any atom is 0.451 e. The molecule has 1 saturated carbocycles. The van der Waals surface area contributed by atoms with E-state index in [9.17, 15) is 4.79 Å². The van der Waals surface area contributed by atoms with Crippen LogP contribution in [0.25, 0.3) is 0 Å². The molecule has 7 N–H and O–H groups in total. The minimum absolute atomic E-state index is 0.0554. The SMILES string of the molecule is NCC1C[C@](N)(C(=O)O)C[C@@H]1CCB(O)O. The van der Waals surface area contributed by atoms with Crippen molar-refractivity contribution < 1.29 is 19.9 Å². The Morgan fingerprint density at radius 1 is 1.38 bits per heavy atom. The second kappa shape index (κ2) is 5.14.